The predicted octanol–water partition coefficient (Wildman–Crippen LogP) is 1.97. The zero-order valence-electron chi connectivity index (χ0n) is 12.4. The smallest absolute Gasteiger partial charge is 0.361 e. The molecule has 1 aliphatic rings. The van der Waals surface area contributed by atoms with Crippen LogP contribution in [0.2, 0.25) is 0 Å². The summed E-state index contributed by atoms with van der Waals surface area (Å²) in [6.45, 7) is -0.452. The first-order chi connectivity index (χ1) is 11.7. The minimum Gasteiger partial charge on any atom is -0.439 e. The molecule has 0 unspecified atom stereocenters. The minimum absolute atomic E-state index is 0.113. The molecule has 0 radical (unpaired) electrons. The van der Waals surface area contributed by atoms with Crippen molar-refractivity contribution in [2.45, 2.75) is 0 Å². The highest BCUT2D eigenvalue weighted by atomic mass is 16.5. The lowest BCUT2D eigenvalue weighted by Gasteiger charge is -2.13. The molecular formula is C17H11N3O4. The van der Waals surface area contributed by atoms with E-state index in [1.807, 2.05) is 6.07 Å². The number of benzene rings is 2. The molecule has 3 aromatic rings. The summed E-state index contributed by atoms with van der Waals surface area (Å²) in [5, 5.41) is 7.28. The molecule has 118 valence electrons. The first-order valence-corrected chi connectivity index (χ1v) is 7.22. The summed E-state index contributed by atoms with van der Waals surface area (Å²) < 4.78 is 5.11. The van der Waals surface area contributed by atoms with Crippen molar-refractivity contribution in [2.75, 3.05) is 6.73 Å². The van der Waals surface area contributed by atoms with Crippen molar-refractivity contribution in [1.82, 2.24) is 15.1 Å². The highest BCUT2D eigenvalue weighted by molar-refractivity contribution is 6.21. The third kappa shape index (κ3) is 2.06. The molecule has 0 saturated heterocycles. The molecule has 7 heteroatoms. The number of amides is 2. The van der Waals surface area contributed by atoms with E-state index in [0.717, 1.165) is 4.90 Å². The maximum absolute atomic E-state index is 12.2. The molecule has 1 aromatic heterocycles. The standard InChI is InChI=1S/C17H11N3O4/c21-15-10-5-1-2-6-11(10)16(22)20(15)9-24-17(23)14-12-7-3-4-8-13(12)18-19-14/h1-8H,9H2,(H,18,19). The highest BCUT2D eigenvalue weighted by Gasteiger charge is 2.36. The number of nitrogens with one attached hydrogen (secondary N) is 1. The second kappa shape index (κ2) is 5.31. The molecule has 0 aliphatic carbocycles. The average molecular weight is 321 g/mol. The van der Waals surface area contributed by atoms with E-state index in [9.17, 15) is 14.4 Å². The molecule has 7 nitrogen and oxygen atoms in total. The third-order valence-corrected chi connectivity index (χ3v) is 3.87. The quantitative estimate of drug-likeness (QED) is 0.588. The predicted molar refractivity (Wildman–Crippen MR) is 83.3 cm³/mol. The van der Waals surface area contributed by atoms with Gasteiger partial charge in [-0.25, -0.2) is 9.69 Å². The summed E-state index contributed by atoms with van der Waals surface area (Å²) in [6.07, 6.45) is 0. The Morgan fingerprint density at radius 1 is 1.00 bits per heavy atom. The van der Waals surface area contributed by atoms with Crippen LogP contribution in [-0.4, -0.2) is 39.6 Å². The number of para-hydroxylation sites is 1. The molecule has 24 heavy (non-hydrogen) atoms. The van der Waals surface area contributed by atoms with Gasteiger partial charge in [0.1, 0.15) is 0 Å². The van der Waals surface area contributed by atoms with E-state index < -0.39 is 24.5 Å². The maximum Gasteiger partial charge on any atom is 0.361 e. The number of nitrogens with zero attached hydrogens (tertiary/aromatic N) is 2. The van der Waals surface area contributed by atoms with E-state index in [1.165, 1.54) is 0 Å². The van der Waals surface area contributed by atoms with E-state index >= 15 is 0 Å². The van der Waals surface area contributed by atoms with Crippen molar-refractivity contribution < 1.29 is 19.1 Å². The average Bonchev–Trinajstić information content (AvgIpc) is 3.14. The number of imide groups is 1. The summed E-state index contributed by atoms with van der Waals surface area (Å²) in [6, 6.07) is 13.6. The first kappa shape index (κ1) is 14.1. The zero-order valence-corrected chi connectivity index (χ0v) is 12.4. The number of carbonyl (C=O) groups is 3. The third-order valence-electron chi connectivity index (χ3n) is 3.87. The molecule has 0 bridgehead atoms. The van der Waals surface area contributed by atoms with Crippen LogP contribution in [0.15, 0.2) is 48.5 Å². The largest absolute Gasteiger partial charge is 0.439 e. The van der Waals surface area contributed by atoms with Crippen LogP contribution in [0.25, 0.3) is 10.9 Å². The number of ether oxygens (including phenoxy) is 1. The highest BCUT2D eigenvalue weighted by Crippen LogP contribution is 2.22. The van der Waals surface area contributed by atoms with Crippen molar-refractivity contribution in [2.24, 2.45) is 0 Å². The summed E-state index contributed by atoms with van der Waals surface area (Å²) in [5.74, 6) is -1.66. The summed E-state index contributed by atoms with van der Waals surface area (Å²) in [4.78, 5) is 37.5. The number of rotatable bonds is 3. The van der Waals surface area contributed by atoms with Crippen molar-refractivity contribution in [3.05, 3.63) is 65.4 Å². The maximum atomic E-state index is 12.2. The number of fused-ring (bicyclic) bond motifs is 2. The number of hydrogen-bond acceptors (Lipinski definition) is 5. The van der Waals surface area contributed by atoms with Gasteiger partial charge in [0.25, 0.3) is 11.8 Å². The van der Waals surface area contributed by atoms with Gasteiger partial charge in [0, 0.05) is 5.39 Å². The van der Waals surface area contributed by atoms with Crippen molar-refractivity contribution in [3.8, 4) is 0 Å². The van der Waals surface area contributed by atoms with Crippen LogP contribution in [-0.2, 0) is 4.74 Å². The van der Waals surface area contributed by atoms with Gasteiger partial charge in [0.05, 0.1) is 16.6 Å². The number of aromatic amines is 1. The van der Waals surface area contributed by atoms with Gasteiger partial charge in [-0.3, -0.25) is 14.7 Å². The minimum atomic E-state index is -0.705. The molecule has 2 heterocycles. The van der Waals surface area contributed by atoms with Crippen molar-refractivity contribution >= 4 is 28.7 Å². The van der Waals surface area contributed by atoms with Crippen molar-refractivity contribution in [1.29, 1.82) is 0 Å². The topological polar surface area (TPSA) is 92.4 Å². The fourth-order valence-electron chi connectivity index (χ4n) is 2.67. The molecule has 0 fully saturated rings. The lowest BCUT2D eigenvalue weighted by atomic mass is 10.1. The Kier molecular flexibility index (Phi) is 3.13. The molecule has 0 saturated carbocycles. The van der Waals surface area contributed by atoms with Crippen LogP contribution in [0.1, 0.15) is 31.2 Å². The van der Waals surface area contributed by atoms with Crippen LogP contribution >= 0.6 is 0 Å². The Bertz CT molecular complexity index is 957. The second-order valence-corrected chi connectivity index (χ2v) is 5.26. The molecule has 2 amide bonds. The molecule has 1 N–H and O–H groups in total. The van der Waals surface area contributed by atoms with Crippen LogP contribution in [0.3, 0.4) is 0 Å². The Hall–Kier alpha value is -3.48. The van der Waals surface area contributed by atoms with Gasteiger partial charge in [-0.1, -0.05) is 30.3 Å². The molecular weight excluding hydrogens is 310 g/mol. The number of H-pyrrole nitrogens is 1. The van der Waals surface area contributed by atoms with E-state index in [4.69, 9.17) is 4.74 Å². The SMILES string of the molecule is O=C(OCN1C(=O)c2ccccc2C1=O)c1n[nH]c2ccccc12. The fourth-order valence-corrected chi connectivity index (χ4v) is 2.67. The molecule has 1 aliphatic heterocycles. The lowest BCUT2D eigenvalue weighted by molar-refractivity contribution is 0.0225. The summed E-state index contributed by atoms with van der Waals surface area (Å²) in [7, 11) is 0. The van der Waals surface area contributed by atoms with Gasteiger partial charge in [-0.05, 0) is 18.2 Å². The fraction of sp³-hybridized carbons (Fsp3) is 0.0588. The number of aromatic nitrogens is 2. The molecule has 0 atom stereocenters. The van der Waals surface area contributed by atoms with E-state index in [-0.39, 0.29) is 5.69 Å². The van der Waals surface area contributed by atoms with Gasteiger partial charge >= 0.3 is 5.97 Å². The van der Waals surface area contributed by atoms with Gasteiger partial charge < -0.3 is 4.74 Å². The number of hydrogen-bond donors (Lipinski definition) is 1. The molecule has 2 aromatic carbocycles. The lowest BCUT2D eigenvalue weighted by Crippen LogP contribution is -2.33. The van der Waals surface area contributed by atoms with E-state index in [2.05, 4.69) is 10.2 Å². The van der Waals surface area contributed by atoms with E-state index in [1.54, 1.807) is 42.5 Å². The van der Waals surface area contributed by atoms with Gasteiger partial charge in [0.2, 0.25) is 0 Å². The Balaban J connectivity index is 1.53. The van der Waals surface area contributed by atoms with Crippen LogP contribution in [0.5, 0.6) is 0 Å². The first-order valence-electron chi connectivity index (χ1n) is 7.22. The normalized spacial score (nSPS) is 13.4. The number of esters is 1. The van der Waals surface area contributed by atoms with E-state index in [0.29, 0.717) is 22.0 Å². The molecule has 0 spiro atoms. The van der Waals surface area contributed by atoms with Gasteiger partial charge in [0.15, 0.2) is 12.4 Å². The van der Waals surface area contributed by atoms with Gasteiger partial charge in [-0.2, -0.15) is 5.10 Å². The summed E-state index contributed by atoms with van der Waals surface area (Å²) in [5.41, 5.74) is 1.43. The van der Waals surface area contributed by atoms with Crippen LogP contribution < -0.4 is 0 Å². The monoisotopic (exact) mass is 321 g/mol. The second-order valence-electron chi connectivity index (χ2n) is 5.26. The molecule has 4 rings (SSSR count). The Morgan fingerprint density at radius 3 is 2.33 bits per heavy atom. The zero-order chi connectivity index (χ0) is 16.7. The Labute approximate surface area is 135 Å². The summed E-state index contributed by atoms with van der Waals surface area (Å²) >= 11 is 0. The van der Waals surface area contributed by atoms with Crippen LogP contribution in [0.4, 0.5) is 0 Å². The van der Waals surface area contributed by atoms with Gasteiger partial charge in [-0.15, -0.1) is 0 Å². The Morgan fingerprint density at radius 2 is 1.62 bits per heavy atom. The van der Waals surface area contributed by atoms with Crippen molar-refractivity contribution in [3.63, 3.8) is 0 Å². The number of carbonyl (C=O) groups excluding carboxylic acids is 3. The van der Waals surface area contributed by atoms with Crippen LogP contribution in [0, 0.1) is 0 Å².